The van der Waals surface area contributed by atoms with Gasteiger partial charge in [0.2, 0.25) is 0 Å². The maximum absolute atomic E-state index is 5.56. The molecule has 0 spiro atoms. The highest BCUT2D eigenvalue weighted by Crippen LogP contribution is 2.48. The van der Waals surface area contributed by atoms with E-state index in [1.807, 2.05) is 12.1 Å². The van der Waals surface area contributed by atoms with Gasteiger partial charge in [-0.2, -0.15) is 0 Å². The molecule has 0 N–H and O–H groups in total. The van der Waals surface area contributed by atoms with Crippen molar-refractivity contribution in [3.05, 3.63) is 106 Å². The van der Waals surface area contributed by atoms with Crippen molar-refractivity contribution in [2.45, 2.75) is 55.4 Å². The average molecular weight is 648 g/mol. The minimum Gasteiger partial charge on any atom is -0.497 e. The largest absolute Gasteiger partial charge is 0.497 e. The minimum absolute atomic E-state index is 0.526. The van der Waals surface area contributed by atoms with E-state index in [4.69, 9.17) is 14.7 Å². The summed E-state index contributed by atoms with van der Waals surface area (Å²) in [4.78, 5) is 38.8. The smallest absolute Gasteiger partial charge is 0.198 e. The molecule has 0 aliphatic rings. The number of benzene rings is 3. The van der Waals surface area contributed by atoms with Crippen LogP contribution < -0.4 is 9.64 Å². The lowest BCUT2D eigenvalue weighted by Gasteiger charge is -2.35. The molecule has 10 heteroatoms. The Kier molecular flexibility index (Phi) is 7.94. The number of rotatable bonds is 6. The van der Waals surface area contributed by atoms with Crippen LogP contribution in [0.5, 0.6) is 5.75 Å². The molecule has 4 heterocycles. The first-order chi connectivity index (χ1) is 23.6. The average Bonchev–Trinajstić information content (AvgIpc) is 3.12. The van der Waals surface area contributed by atoms with Crippen LogP contribution in [-0.2, 0) is 0 Å². The number of methoxy groups -OCH3 is 1. The zero-order valence-electron chi connectivity index (χ0n) is 29.2. The zero-order valence-corrected chi connectivity index (χ0v) is 29.2. The molecule has 0 bridgehead atoms. The Morgan fingerprint density at radius 2 is 0.816 bits per heavy atom. The van der Waals surface area contributed by atoms with Gasteiger partial charge in [0.25, 0.3) is 0 Å². The van der Waals surface area contributed by atoms with Crippen molar-refractivity contribution in [1.82, 2.24) is 39.9 Å². The standard InChI is InChI=1S/C39H37N9O/c1-20-24(5)34(25(6)21(2)32(20)30-18-44-36-38(46-30)42-16-14-40-36)48(28-10-12-29(49-9)13-11-28)35-26(7)22(3)33(23(4)27(35)8)31-19-45-37-39(47-31)43-17-15-41-37/h10-19H,1-9H3. The van der Waals surface area contributed by atoms with Crippen LogP contribution in [0.1, 0.15) is 44.5 Å². The SMILES string of the molecule is COc1ccc(N(c2c(C)c(C)c(-c3cnc4nccnc4n3)c(C)c2C)c2c(C)c(C)c(-c3cnc4nccnc4n3)c(C)c2C)cc1. The number of nitrogens with zero attached hydrogens (tertiary/aromatic N) is 9. The van der Waals surface area contributed by atoms with Gasteiger partial charge in [-0.1, -0.05) is 0 Å². The third-order valence-electron chi connectivity index (χ3n) is 9.85. The Labute approximate surface area is 285 Å². The van der Waals surface area contributed by atoms with Gasteiger partial charge < -0.3 is 9.64 Å². The molecule has 4 aromatic heterocycles. The molecule has 3 aromatic carbocycles. The zero-order chi connectivity index (χ0) is 34.6. The number of anilines is 3. The molecule has 7 aromatic rings. The fraction of sp³-hybridized carbons (Fsp3) is 0.231. The van der Waals surface area contributed by atoms with Crippen molar-refractivity contribution in [2.75, 3.05) is 12.0 Å². The Morgan fingerprint density at radius 3 is 1.18 bits per heavy atom. The van der Waals surface area contributed by atoms with Crippen molar-refractivity contribution in [3.8, 4) is 28.3 Å². The van der Waals surface area contributed by atoms with Crippen LogP contribution in [0.2, 0.25) is 0 Å². The fourth-order valence-corrected chi connectivity index (χ4v) is 6.88. The molecule has 10 nitrogen and oxygen atoms in total. The number of fused-ring (bicyclic) bond motifs is 2. The number of hydrogen-bond donors (Lipinski definition) is 0. The van der Waals surface area contributed by atoms with E-state index >= 15 is 0 Å². The van der Waals surface area contributed by atoms with Crippen LogP contribution in [-0.4, -0.2) is 47.0 Å². The van der Waals surface area contributed by atoms with Crippen molar-refractivity contribution < 1.29 is 4.74 Å². The van der Waals surface area contributed by atoms with E-state index in [9.17, 15) is 0 Å². The van der Waals surface area contributed by atoms with Crippen LogP contribution in [0.25, 0.3) is 45.1 Å². The molecule has 7 rings (SSSR count). The van der Waals surface area contributed by atoms with Crippen LogP contribution >= 0.6 is 0 Å². The fourth-order valence-electron chi connectivity index (χ4n) is 6.88. The van der Waals surface area contributed by atoms with Crippen LogP contribution in [0.3, 0.4) is 0 Å². The van der Waals surface area contributed by atoms with Crippen molar-refractivity contribution in [2.24, 2.45) is 0 Å². The van der Waals surface area contributed by atoms with E-state index in [0.717, 1.165) is 89.8 Å². The molecule has 0 atom stereocenters. The number of ether oxygens (including phenoxy) is 1. The maximum Gasteiger partial charge on any atom is 0.198 e. The first-order valence-electron chi connectivity index (χ1n) is 16.1. The summed E-state index contributed by atoms with van der Waals surface area (Å²) in [7, 11) is 1.69. The Bertz CT molecular complexity index is 2220. The second kappa shape index (κ2) is 12.3. The first-order valence-corrected chi connectivity index (χ1v) is 16.1. The summed E-state index contributed by atoms with van der Waals surface area (Å²) in [5.41, 5.74) is 18.1. The Morgan fingerprint density at radius 1 is 0.449 bits per heavy atom. The second-order valence-electron chi connectivity index (χ2n) is 12.4. The van der Waals surface area contributed by atoms with Gasteiger partial charge in [-0.05, 0) is 124 Å². The molecule has 244 valence electrons. The number of aromatic nitrogens is 8. The predicted molar refractivity (Wildman–Crippen MR) is 194 cm³/mol. The molecule has 0 fully saturated rings. The summed E-state index contributed by atoms with van der Waals surface area (Å²) in [6, 6.07) is 8.26. The van der Waals surface area contributed by atoms with Crippen LogP contribution in [0.4, 0.5) is 17.1 Å². The van der Waals surface area contributed by atoms with Crippen molar-refractivity contribution in [1.29, 1.82) is 0 Å². The lowest BCUT2D eigenvalue weighted by molar-refractivity contribution is 0.415. The van der Waals surface area contributed by atoms with E-state index in [1.165, 1.54) is 0 Å². The summed E-state index contributed by atoms with van der Waals surface area (Å²) in [6.45, 7) is 17.4. The summed E-state index contributed by atoms with van der Waals surface area (Å²) < 4.78 is 5.56. The van der Waals surface area contributed by atoms with Gasteiger partial charge in [-0.3, -0.25) is 0 Å². The molecule has 0 aliphatic carbocycles. The van der Waals surface area contributed by atoms with E-state index < -0.39 is 0 Å². The minimum atomic E-state index is 0.526. The van der Waals surface area contributed by atoms with Crippen LogP contribution in [0, 0.1) is 55.4 Å². The van der Waals surface area contributed by atoms with Gasteiger partial charge in [0.05, 0.1) is 42.3 Å². The summed E-state index contributed by atoms with van der Waals surface area (Å²) in [5, 5.41) is 0. The molecule has 0 saturated heterocycles. The topological polar surface area (TPSA) is 116 Å². The van der Waals surface area contributed by atoms with E-state index in [0.29, 0.717) is 22.6 Å². The molecule has 0 aliphatic heterocycles. The third kappa shape index (κ3) is 5.20. The summed E-state index contributed by atoms with van der Waals surface area (Å²) >= 11 is 0. The highest BCUT2D eigenvalue weighted by atomic mass is 16.5. The normalized spacial score (nSPS) is 11.4. The van der Waals surface area contributed by atoms with Gasteiger partial charge in [-0.15, -0.1) is 0 Å². The van der Waals surface area contributed by atoms with Crippen LogP contribution in [0.15, 0.2) is 61.4 Å². The molecule has 0 radical (unpaired) electrons. The van der Waals surface area contributed by atoms with Gasteiger partial charge >= 0.3 is 0 Å². The Balaban J connectivity index is 1.48. The molecule has 0 saturated carbocycles. The van der Waals surface area contributed by atoms with E-state index in [1.54, 1.807) is 44.3 Å². The lowest BCUT2D eigenvalue weighted by atomic mass is 9.87. The molecule has 49 heavy (non-hydrogen) atoms. The van der Waals surface area contributed by atoms with Crippen molar-refractivity contribution >= 4 is 39.7 Å². The van der Waals surface area contributed by atoms with Crippen molar-refractivity contribution in [3.63, 3.8) is 0 Å². The lowest BCUT2D eigenvalue weighted by Crippen LogP contribution is -2.18. The molecule has 0 unspecified atom stereocenters. The summed E-state index contributed by atoms with van der Waals surface area (Å²) in [6.07, 6.45) is 10.2. The second-order valence-corrected chi connectivity index (χ2v) is 12.4. The van der Waals surface area contributed by atoms with Gasteiger partial charge in [0, 0.05) is 41.6 Å². The van der Waals surface area contributed by atoms with Gasteiger partial charge in [-0.25, -0.2) is 39.9 Å². The molecule has 0 amide bonds. The first kappa shape index (κ1) is 31.7. The third-order valence-corrected chi connectivity index (χ3v) is 9.85. The van der Waals surface area contributed by atoms with E-state index in [2.05, 4.69) is 102 Å². The summed E-state index contributed by atoms with van der Waals surface area (Å²) in [5.74, 6) is 0.798. The molecular weight excluding hydrogens is 610 g/mol. The monoisotopic (exact) mass is 647 g/mol. The van der Waals surface area contributed by atoms with E-state index in [-0.39, 0.29) is 0 Å². The predicted octanol–water partition coefficient (Wildman–Crippen LogP) is 8.43. The maximum atomic E-state index is 5.56. The highest BCUT2D eigenvalue weighted by Gasteiger charge is 2.28. The Hall–Kier alpha value is -5.90. The number of hydrogen-bond acceptors (Lipinski definition) is 10. The highest BCUT2D eigenvalue weighted by molar-refractivity contribution is 5.91. The molecular formula is C39H37N9O. The van der Waals surface area contributed by atoms with Gasteiger partial charge in [0.1, 0.15) is 5.75 Å². The quantitative estimate of drug-likeness (QED) is 0.174. The van der Waals surface area contributed by atoms with Gasteiger partial charge in [0.15, 0.2) is 22.6 Å².